The van der Waals surface area contributed by atoms with Gasteiger partial charge in [-0.05, 0) is 36.4 Å². The molecule has 0 unspecified atom stereocenters. The fraction of sp³-hybridized carbons (Fsp3) is 0. The van der Waals surface area contributed by atoms with Crippen LogP contribution in [0.5, 0.6) is 0 Å². The number of nitrogens with zero attached hydrogens (tertiary/aromatic N) is 3. The maximum absolute atomic E-state index is 5.86. The van der Waals surface area contributed by atoms with Crippen molar-refractivity contribution >= 4 is 23.2 Å². The fourth-order valence-electron chi connectivity index (χ4n) is 1.76. The summed E-state index contributed by atoms with van der Waals surface area (Å²) in [5, 5.41) is 11.9. The van der Waals surface area contributed by atoms with Crippen molar-refractivity contribution in [3.63, 3.8) is 0 Å². The van der Waals surface area contributed by atoms with Crippen LogP contribution in [0.3, 0.4) is 0 Å². The van der Waals surface area contributed by atoms with Crippen molar-refractivity contribution in [1.82, 2.24) is 14.8 Å². The molecule has 0 fully saturated rings. The smallest absolute Gasteiger partial charge is 0.233 e. The number of hydrogen-bond donors (Lipinski definition) is 1. The van der Waals surface area contributed by atoms with Crippen LogP contribution in [0.4, 0.5) is 11.6 Å². The molecule has 0 saturated carbocycles. The van der Waals surface area contributed by atoms with E-state index in [2.05, 4.69) is 15.5 Å². The Morgan fingerprint density at radius 3 is 2.42 bits per heavy atom. The minimum atomic E-state index is 0.661. The number of anilines is 2. The SMILES string of the molecule is Clc1ccc(Nc2nncn2-c2ccccc2)cc1. The molecule has 1 heterocycles. The van der Waals surface area contributed by atoms with Crippen molar-refractivity contribution < 1.29 is 0 Å². The molecule has 4 nitrogen and oxygen atoms in total. The lowest BCUT2D eigenvalue weighted by Crippen LogP contribution is -2.00. The molecule has 0 amide bonds. The Bertz CT molecular complexity index is 661. The second kappa shape index (κ2) is 5.12. The Morgan fingerprint density at radius 2 is 1.68 bits per heavy atom. The van der Waals surface area contributed by atoms with Crippen LogP contribution in [0.1, 0.15) is 0 Å². The summed E-state index contributed by atoms with van der Waals surface area (Å²) >= 11 is 5.86. The summed E-state index contributed by atoms with van der Waals surface area (Å²) < 4.78 is 1.88. The molecule has 5 heteroatoms. The molecule has 0 atom stereocenters. The highest BCUT2D eigenvalue weighted by atomic mass is 35.5. The summed E-state index contributed by atoms with van der Waals surface area (Å²) in [4.78, 5) is 0. The third kappa shape index (κ3) is 2.58. The van der Waals surface area contributed by atoms with Gasteiger partial charge in [0.15, 0.2) is 0 Å². The zero-order valence-electron chi connectivity index (χ0n) is 9.99. The van der Waals surface area contributed by atoms with Crippen LogP contribution < -0.4 is 5.32 Å². The van der Waals surface area contributed by atoms with E-state index in [4.69, 9.17) is 11.6 Å². The number of rotatable bonds is 3. The normalized spacial score (nSPS) is 10.4. The first-order valence-corrected chi connectivity index (χ1v) is 6.19. The van der Waals surface area contributed by atoms with Crippen LogP contribution in [0.25, 0.3) is 5.69 Å². The predicted molar refractivity (Wildman–Crippen MR) is 76.1 cm³/mol. The largest absolute Gasteiger partial charge is 0.324 e. The molecule has 94 valence electrons. The van der Waals surface area contributed by atoms with Crippen LogP contribution in [-0.4, -0.2) is 14.8 Å². The second-order valence-corrected chi connectivity index (χ2v) is 4.43. The van der Waals surface area contributed by atoms with Gasteiger partial charge in [0, 0.05) is 10.7 Å². The van der Waals surface area contributed by atoms with Gasteiger partial charge in [0.1, 0.15) is 6.33 Å². The van der Waals surface area contributed by atoms with E-state index < -0.39 is 0 Å². The fourth-order valence-corrected chi connectivity index (χ4v) is 1.89. The maximum atomic E-state index is 5.86. The van der Waals surface area contributed by atoms with Gasteiger partial charge in [-0.15, -0.1) is 10.2 Å². The van der Waals surface area contributed by atoms with Gasteiger partial charge in [-0.25, -0.2) is 0 Å². The Morgan fingerprint density at radius 1 is 0.947 bits per heavy atom. The van der Waals surface area contributed by atoms with E-state index in [1.807, 2.05) is 59.2 Å². The van der Waals surface area contributed by atoms with Gasteiger partial charge in [-0.2, -0.15) is 0 Å². The number of benzene rings is 2. The van der Waals surface area contributed by atoms with Gasteiger partial charge >= 0.3 is 0 Å². The van der Waals surface area contributed by atoms with Gasteiger partial charge in [-0.1, -0.05) is 29.8 Å². The Hall–Kier alpha value is -2.33. The van der Waals surface area contributed by atoms with Crippen molar-refractivity contribution in [2.45, 2.75) is 0 Å². The van der Waals surface area contributed by atoms with E-state index in [0.29, 0.717) is 11.0 Å². The molecule has 0 bridgehead atoms. The highest BCUT2D eigenvalue weighted by Gasteiger charge is 2.05. The zero-order valence-corrected chi connectivity index (χ0v) is 10.7. The van der Waals surface area contributed by atoms with Gasteiger partial charge in [0.25, 0.3) is 0 Å². The molecule has 0 saturated heterocycles. The summed E-state index contributed by atoms with van der Waals surface area (Å²) in [5.41, 5.74) is 1.92. The Labute approximate surface area is 115 Å². The monoisotopic (exact) mass is 270 g/mol. The molecule has 1 aromatic heterocycles. The van der Waals surface area contributed by atoms with Gasteiger partial charge in [0.2, 0.25) is 5.95 Å². The molecule has 0 spiro atoms. The molecule has 1 N–H and O–H groups in total. The summed E-state index contributed by atoms with van der Waals surface area (Å²) in [7, 11) is 0. The molecular weight excluding hydrogens is 260 g/mol. The van der Waals surface area contributed by atoms with Crippen LogP contribution in [-0.2, 0) is 0 Å². The average molecular weight is 271 g/mol. The van der Waals surface area contributed by atoms with E-state index in [0.717, 1.165) is 11.4 Å². The lowest BCUT2D eigenvalue weighted by atomic mass is 10.3. The van der Waals surface area contributed by atoms with E-state index >= 15 is 0 Å². The van der Waals surface area contributed by atoms with Crippen LogP contribution in [0, 0.1) is 0 Å². The van der Waals surface area contributed by atoms with Crippen molar-refractivity contribution in [2.75, 3.05) is 5.32 Å². The first-order valence-electron chi connectivity index (χ1n) is 5.81. The number of para-hydroxylation sites is 1. The van der Waals surface area contributed by atoms with Crippen molar-refractivity contribution in [3.8, 4) is 5.69 Å². The minimum Gasteiger partial charge on any atom is -0.324 e. The summed E-state index contributed by atoms with van der Waals surface area (Å²) in [6, 6.07) is 17.4. The average Bonchev–Trinajstić information content (AvgIpc) is 2.90. The van der Waals surface area contributed by atoms with Gasteiger partial charge in [-0.3, -0.25) is 4.57 Å². The molecule has 19 heavy (non-hydrogen) atoms. The first kappa shape index (κ1) is 11.7. The highest BCUT2D eigenvalue weighted by Crippen LogP contribution is 2.19. The molecule has 2 aromatic carbocycles. The zero-order chi connectivity index (χ0) is 13.1. The van der Waals surface area contributed by atoms with E-state index in [1.165, 1.54) is 0 Å². The Balaban J connectivity index is 1.91. The second-order valence-electron chi connectivity index (χ2n) is 3.99. The Kier molecular flexibility index (Phi) is 3.16. The van der Waals surface area contributed by atoms with Crippen molar-refractivity contribution in [3.05, 3.63) is 65.9 Å². The maximum Gasteiger partial charge on any atom is 0.233 e. The molecule has 0 aliphatic heterocycles. The standard InChI is InChI=1S/C14H11ClN4/c15-11-6-8-12(9-7-11)17-14-18-16-10-19(14)13-4-2-1-3-5-13/h1-10H,(H,17,18). The topological polar surface area (TPSA) is 42.7 Å². The van der Waals surface area contributed by atoms with Gasteiger partial charge < -0.3 is 5.32 Å². The van der Waals surface area contributed by atoms with Crippen LogP contribution >= 0.6 is 11.6 Å². The number of hydrogen-bond acceptors (Lipinski definition) is 3. The molecule has 0 radical (unpaired) electrons. The molecular formula is C14H11ClN4. The quantitative estimate of drug-likeness (QED) is 0.790. The summed E-state index contributed by atoms with van der Waals surface area (Å²) in [6.45, 7) is 0. The first-order chi connectivity index (χ1) is 9.33. The number of halogens is 1. The predicted octanol–water partition coefficient (Wildman–Crippen LogP) is 3.66. The van der Waals surface area contributed by atoms with Crippen molar-refractivity contribution in [1.29, 1.82) is 0 Å². The molecule has 3 rings (SSSR count). The van der Waals surface area contributed by atoms with Crippen LogP contribution in [0.2, 0.25) is 5.02 Å². The number of nitrogens with one attached hydrogen (secondary N) is 1. The highest BCUT2D eigenvalue weighted by molar-refractivity contribution is 6.30. The van der Waals surface area contributed by atoms with E-state index in [9.17, 15) is 0 Å². The third-order valence-electron chi connectivity index (χ3n) is 2.68. The lowest BCUT2D eigenvalue weighted by Gasteiger charge is -2.08. The minimum absolute atomic E-state index is 0.661. The summed E-state index contributed by atoms with van der Waals surface area (Å²) in [5.74, 6) is 0.661. The van der Waals surface area contributed by atoms with Crippen LogP contribution in [0.15, 0.2) is 60.9 Å². The molecule has 0 aliphatic rings. The molecule has 3 aromatic rings. The molecule has 0 aliphatic carbocycles. The number of aromatic nitrogens is 3. The van der Waals surface area contributed by atoms with E-state index in [1.54, 1.807) is 6.33 Å². The van der Waals surface area contributed by atoms with Crippen molar-refractivity contribution in [2.24, 2.45) is 0 Å². The van der Waals surface area contributed by atoms with E-state index in [-0.39, 0.29) is 0 Å². The summed E-state index contributed by atoms with van der Waals surface area (Å²) in [6.07, 6.45) is 1.67. The van der Waals surface area contributed by atoms with Gasteiger partial charge in [0.05, 0.1) is 5.69 Å². The lowest BCUT2D eigenvalue weighted by molar-refractivity contribution is 1.06. The third-order valence-corrected chi connectivity index (χ3v) is 2.93.